The Hall–Kier alpha value is -3.33. The fraction of sp³-hybridized carbons (Fsp3) is 0.348. The monoisotopic (exact) mass is 394 g/mol. The van der Waals surface area contributed by atoms with Gasteiger partial charge >= 0.3 is 0 Å². The second-order valence-electron chi connectivity index (χ2n) is 7.02. The lowest BCUT2D eigenvalue weighted by Gasteiger charge is -2.26. The minimum atomic E-state index is -0.598. The first kappa shape index (κ1) is 22.0. The van der Waals surface area contributed by atoms with Crippen molar-refractivity contribution in [3.8, 4) is 17.6 Å². The molecule has 6 heteroatoms. The van der Waals surface area contributed by atoms with Gasteiger partial charge in [-0.2, -0.15) is 5.26 Å². The summed E-state index contributed by atoms with van der Waals surface area (Å²) in [5, 5.41) is 9.39. The smallest absolute Gasteiger partial charge is 0.271 e. The molecular weight excluding hydrogens is 368 g/mol. The molecule has 152 valence electrons. The van der Waals surface area contributed by atoms with Crippen molar-refractivity contribution in [2.75, 3.05) is 19.8 Å². The summed E-state index contributed by atoms with van der Waals surface area (Å²) in [5.74, 6) is 0.527. The number of nitrogens with zero attached hydrogens (tertiary/aromatic N) is 2. The van der Waals surface area contributed by atoms with Crippen LogP contribution in [-0.4, -0.2) is 36.5 Å². The number of carbonyl (C=O) groups is 2. The molecule has 6 nitrogen and oxygen atoms in total. The van der Waals surface area contributed by atoms with Gasteiger partial charge in [-0.3, -0.25) is 14.5 Å². The van der Waals surface area contributed by atoms with E-state index in [1.165, 1.54) is 6.08 Å². The van der Waals surface area contributed by atoms with Crippen LogP contribution in [0.2, 0.25) is 0 Å². The number of rotatable bonds is 8. The summed E-state index contributed by atoms with van der Waals surface area (Å²) in [6.45, 7) is 12.3. The molecule has 0 radical (unpaired) electrons. The lowest BCUT2D eigenvalue weighted by atomic mass is 9.93. The number of hydrogen-bond acceptors (Lipinski definition) is 5. The van der Waals surface area contributed by atoms with E-state index in [0.29, 0.717) is 47.3 Å². The summed E-state index contributed by atoms with van der Waals surface area (Å²) in [7, 11) is 0. The van der Waals surface area contributed by atoms with Crippen molar-refractivity contribution in [1.29, 1.82) is 5.26 Å². The summed E-state index contributed by atoms with van der Waals surface area (Å²) in [6.07, 6.45) is 3.11. The Morgan fingerprint density at radius 1 is 1.21 bits per heavy atom. The van der Waals surface area contributed by atoms with Gasteiger partial charge in [0.25, 0.3) is 11.8 Å². The molecule has 0 aliphatic carbocycles. The topological polar surface area (TPSA) is 79.6 Å². The Balaban J connectivity index is 2.50. The Kier molecular flexibility index (Phi) is 7.38. The van der Waals surface area contributed by atoms with Gasteiger partial charge in [0.1, 0.15) is 11.6 Å². The van der Waals surface area contributed by atoms with Crippen LogP contribution in [0.3, 0.4) is 0 Å². The van der Waals surface area contributed by atoms with Crippen molar-refractivity contribution in [3.05, 3.63) is 53.1 Å². The number of carbonyl (C=O) groups excluding carboxylic acids is 2. The Bertz CT molecular complexity index is 919. The molecule has 0 atom stereocenters. The van der Waals surface area contributed by atoms with Crippen LogP contribution in [0.15, 0.2) is 47.6 Å². The molecule has 0 fully saturated rings. The zero-order valence-electron chi connectivity index (χ0n) is 17.3. The first-order valence-corrected chi connectivity index (χ1v) is 9.53. The third-order valence-corrected chi connectivity index (χ3v) is 4.29. The Labute approximate surface area is 171 Å². The molecule has 0 spiro atoms. The number of benzene rings is 1. The third kappa shape index (κ3) is 4.94. The standard InChI is InChI=1S/C23H26N2O4/c1-6-10-25-22(26)18(16(5)19(13-24)23(25)27)11-17-8-9-20(29-14-15(3)4)21(12-17)28-7-2/h6,8-9,11-12,15H,1,7,10,14H2,2-5H3/b18-11+. The zero-order chi connectivity index (χ0) is 21.6. The van der Waals surface area contributed by atoms with E-state index in [2.05, 4.69) is 20.4 Å². The first-order chi connectivity index (χ1) is 13.8. The van der Waals surface area contributed by atoms with Crippen molar-refractivity contribution in [1.82, 2.24) is 4.90 Å². The highest BCUT2D eigenvalue weighted by Gasteiger charge is 2.34. The maximum Gasteiger partial charge on any atom is 0.271 e. The summed E-state index contributed by atoms with van der Waals surface area (Å²) in [5.41, 5.74) is 1.32. The van der Waals surface area contributed by atoms with Crippen LogP contribution in [0.5, 0.6) is 11.5 Å². The van der Waals surface area contributed by atoms with Gasteiger partial charge in [-0.25, -0.2) is 0 Å². The number of nitriles is 1. The molecule has 0 aromatic heterocycles. The minimum Gasteiger partial charge on any atom is -0.490 e. The fourth-order valence-electron chi connectivity index (χ4n) is 2.85. The van der Waals surface area contributed by atoms with Crippen LogP contribution >= 0.6 is 0 Å². The van der Waals surface area contributed by atoms with Crippen LogP contribution in [0, 0.1) is 17.2 Å². The Morgan fingerprint density at radius 2 is 1.93 bits per heavy atom. The third-order valence-electron chi connectivity index (χ3n) is 4.29. The van der Waals surface area contributed by atoms with Crippen molar-refractivity contribution >= 4 is 17.9 Å². The van der Waals surface area contributed by atoms with Gasteiger partial charge in [0.2, 0.25) is 0 Å². The molecule has 1 aromatic rings. The zero-order valence-corrected chi connectivity index (χ0v) is 17.3. The first-order valence-electron chi connectivity index (χ1n) is 9.53. The molecule has 29 heavy (non-hydrogen) atoms. The van der Waals surface area contributed by atoms with Crippen LogP contribution in [0.25, 0.3) is 6.08 Å². The molecule has 2 amide bonds. The highest BCUT2D eigenvalue weighted by Crippen LogP contribution is 2.32. The lowest BCUT2D eigenvalue weighted by molar-refractivity contribution is -0.139. The summed E-state index contributed by atoms with van der Waals surface area (Å²) in [6, 6.07) is 7.30. The molecule has 0 saturated heterocycles. The quantitative estimate of drug-likeness (QED) is 0.380. The Morgan fingerprint density at radius 3 is 2.52 bits per heavy atom. The highest BCUT2D eigenvalue weighted by molar-refractivity contribution is 6.19. The largest absolute Gasteiger partial charge is 0.490 e. The molecule has 1 heterocycles. The van der Waals surface area contributed by atoms with Gasteiger partial charge in [-0.15, -0.1) is 6.58 Å². The summed E-state index contributed by atoms with van der Waals surface area (Å²) in [4.78, 5) is 26.3. The van der Waals surface area contributed by atoms with E-state index in [1.807, 2.05) is 19.1 Å². The number of ether oxygens (including phenoxy) is 2. The van der Waals surface area contributed by atoms with Crippen molar-refractivity contribution < 1.29 is 19.1 Å². The molecule has 1 aromatic carbocycles. The molecule has 0 unspecified atom stereocenters. The van der Waals surface area contributed by atoms with Crippen LogP contribution in [-0.2, 0) is 9.59 Å². The molecule has 0 N–H and O–H groups in total. The minimum absolute atomic E-state index is 0.0413. The summed E-state index contributed by atoms with van der Waals surface area (Å²) >= 11 is 0. The summed E-state index contributed by atoms with van der Waals surface area (Å²) < 4.78 is 11.5. The molecule has 1 aliphatic heterocycles. The predicted molar refractivity (Wildman–Crippen MR) is 111 cm³/mol. The number of imide groups is 1. The van der Waals surface area contributed by atoms with Gasteiger partial charge < -0.3 is 9.47 Å². The molecule has 2 rings (SSSR count). The number of hydrogen-bond donors (Lipinski definition) is 0. The average molecular weight is 394 g/mol. The van der Waals surface area contributed by atoms with E-state index >= 15 is 0 Å². The van der Waals surface area contributed by atoms with Crippen LogP contribution < -0.4 is 9.47 Å². The van der Waals surface area contributed by atoms with E-state index < -0.39 is 11.8 Å². The van der Waals surface area contributed by atoms with Crippen LogP contribution in [0.4, 0.5) is 0 Å². The van der Waals surface area contributed by atoms with Gasteiger partial charge in [0, 0.05) is 12.1 Å². The maximum atomic E-state index is 12.8. The molecule has 0 saturated carbocycles. The molecular formula is C23H26N2O4. The highest BCUT2D eigenvalue weighted by atomic mass is 16.5. The van der Waals surface area contributed by atoms with Crippen LogP contribution in [0.1, 0.15) is 33.3 Å². The predicted octanol–water partition coefficient (Wildman–Crippen LogP) is 3.90. The second kappa shape index (κ2) is 9.74. The average Bonchev–Trinajstić information content (AvgIpc) is 2.68. The van der Waals surface area contributed by atoms with E-state index in [9.17, 15) is 14.9 Å². The van der Waals surface area contributed by atoms with Gasteiger partial charge in [-0.05, 0) is 49.1 Å². The molecule has 1 aliphatic rings. The van der Waals surface area contributed by atoms with Gasteiger partial charge in [0.15, 0.2) is 11.5 Å². The van der Waals surface area contributed by atoms with Crippen molar-refractivity contribution in [2.24, 2.45) is 5.92 Å². The second-order valence-corrected chi connectivity index (χ2v) is 7.02. The maximum absolute atomic E-state index is 12.8. The van der Waals surface area contributed by atoms with E-state index in [0.717, 1.165) is 4.90 Å². The number of amides is 2. The van der Waals surface area contributed by atoms with E-state index in [1.54, 1.807) is 25.1 Å². The van der Waals surface area contributed by atoms with E-state index in [4.69, 9.17) is 9.47 Å². The molecule has 0 bridgehead atoms. The van der Waals surface area contributed by atoms with E-state index in [-0.39, 0.29) is 12.1 Å². The van der Waals surface area contributed by atoms with Gasteiger partial charge in [0.05, 0.1) is 13.2 Å². The van der Waals surface area contributed by atoms with Crippen molar-refractivity contribution in [2.45, 2.75) is 27.7 Å². The lowest BCUT2D eigenvalue weighted by Crippen LogP contribution is -2.42. The van der Waals surface area contributed by atoms with Gasteiger partial charge in [-0.1, -0.05) is 26.0 Å². The fourth-order valence-corrected chi connectivity index (χ4v) is 2.85. The van der Waals surface area contributed by atoms with Crippen molar-refractivity contribution in [3.63, 3.8) is 0 Å². The SMILES string of the molecule is C=CCN1C(=O)C(C#N)=C(C)/C(=C\c2ccc(OCC(C)C)c(OCC)c2)C1=O. The normalized spacial score (nSPS) is 15.7.